The highest BCUT2D eigenvalue weighted by Crippen LogP contribution is 2.35. The second-order valence-corrected chi connectivity index (χ2v) is 7.40. The number of ether oxygens (including phenoxy) is 1. The molecule has 146 valence electrons. The van der Waals surface area contributed by atoms with Gasteiger partial charge in [0.05, 0.1) is 7.11 Å². The Morgan fingerprint density at radius 1 is 1.15 bits per heavy atom. The van der Waals surface area contributed by atoms with Crippen molar-refractivity contribution in [2.45, 2.75) is 39.8 Å². The van der Waals surface area contributed by atoms with Crippen LogP contribution in [0.25, 0.3) is 11.8 Å². The number of nitrogens with zero attached hydrogens (tertiary/aromatic N) is 2. The van der Waals surface area contributed by atoms with Crippen LogP contribution in [0.1, 0.15) is 38.8 Å². The first-order valence-corrected chi connectivity index (χ1v) is 10.1. The molecule has 0 radical (unpaired) electrons. The molecule has 0 aliphatic carbocycles. The molecule has 27 heavy (non-hydrogen) atoms. The van der Waals surface area contributed by atoms with Crippen LogP contribution in [-0.4, -0.2) is 29.2 Å². The summed E-state index contributed by atoms with van der Waals surface area (Å²) < 4.78 is 29.1. The van der Waals surface area contributed by atoms with Gasteiger partial charge in [-0.3, -0.25) is 4.98 Å². The Bertz CT molecular complexity index is 771. The van der Waals surface area contributed by atoms with Gasteiger partial charge in [-0.15, -0.1) is 0 Å². The van der Waals surface area contributed by atoms with Crippen molar-refractivity contribution in [3.05, 3.63) is 59.9 Å². The lowest BCUT2D eigenvalue weighted by Crippen LogP contribution is -2.35. The average molecular weight is 390 g/mol. The normalized spacial score (nSPS) is 13.3. The molecule has 0 N–H and O–H groups in total. The van der Waals surface area contributed by atoms with Crippen LogP contribution in [-0.2, 0) is 13.7 Å². The second kappa shape index (κ2) is 10.3. The quantitative estimate of drug-likeness (QED) is 0.339. The molecule has 0 saturated heterocycles. The predicted octanol–water partition coefficient (Wildman–Crippen LogP) is 5.05. The van der Waals surface area contributed by atoms with Crippen LogP contribution in [0.15, 0.2) is 48.8 Å². The molecule has 1 unspecified atom stereocenters. The van der Waals surface area contributed by atoms with Gasteiger partial charge in [0.15, 0.2) is 0 Å². The van der Waals surface area contributed by atoms with Crippen LogP contribution in [0.2, 0.25) is 0 Å². The van der Waals surface area contributed by atoms with Gasteiger partial charge in [-0.2, -0.15) is 5.06 Å². The zero-order valence-electron chi connectivity index (χ0n) is 16.4. The number of hydrogen-bond donors (Lipinski definition) is 0. The smallest absolute Gasteiger partial charge is 0.384 e. The summed E-state index contributed by atoms with van der Waals surface area (Å²) in [5.41, 5.74) is 1.57. The van der Waals surface area contributed by atoms with Crippen molar-refractivity contribution in [2.75, 3.05) is 7.11 Å². The first-order chi connectivity index (χ1) is 12.9. The van der Waals surface area contributed by atoms with E-state index in [2.05, 4.69) is 4.98 Å². The van der Waals surface area contributed by atoms with Gasteiger partial charge in [-0.25, -0.2) is 9.19 Å². The molecule has 0 bridgehead atoms. The zero-order chi connectivity index (χ0) is 19.8. The highest BCUT2D eigenvalue weighted by atomic mass is 31.1. The maximum Gasteiger partial charge on any atom is 0.384 e. The molecule has 0 saturated carbocycles. The van der Waals surface area contributed by atoms with Crippen LogP contribution in [0.5, 0.6) is 5.75 Å². The van der Waals surface area contributed by atoms with Gasteiger partial charge in [0.1, 0.15) is 11.5 Å². The Balaban J connectivity index is 2.28. The summed E-state index contributed by atoms with van der Waals surface area (Å²) in [6.45, 7) is 7.90. The van der Waals surface area contributed by atoms with Crippen molar-refractivity contribution >= 4 is 20.1 Å². The van der Waals surface area contributed by atoms with Crippen LogP contribution in [0.4, 0.5) is 0 Å². The lowest BCUT2D eigenvalue weighted by molar-refractivity contribution is -0.112. The molecule has 1 aromatic heterocycles. The van der Waals surface area contributed by atoms with E-state index in [-0.39, 0.29) is 12.1 Å². The standard InChI is InChI=1S/C20H27N2O4P/c1-15(2)22(16(3)4)26-27(23)25-20(18-9-7-11-21-14-18)13-17-8-6-10-19(12-17)24-5/h6-16,27H,1-5H3. The number of aromatic nitrogens is 1. The van der Waals surface area contributed by atoms with E-state index in [1.165, 1.54) is 0 Å². The molecule has 0 aliphatic heterocycles. The summed E-state index contributed by atoms with van der Waals surface area (Å²) in [7, 11) is -1.20. The fourth-order valence-corrected chi connectivity index (χ4v) is 3.55. The van der Waals surface area contributed by atoms with Crippen LogP contribution in [0, 0.1) is 0 Å². The van der Waals surface area contributed by atoms with Crippen LogP contribution >= 0.6 is 8.25 Å². The summed E-state index contributed by atoms with van der Waals surface area (Å²) in [6, 6.07) is 11.3. The number of rotatable bonds is 9. The van der Waals surface area contributed by atoms with E-state index in [1.54, 1.807) is 36.7 Å². The predicted molar refractivity (Wildman–Crippen MR) is 108 cm³/mol. The first kappa shape index (κ1) is 21.2. The van der Waals surface area contributed by atoms with E-state index in [0.717, 1.165) is 11.3 Å². The Morgan fingerprint density at radius 2 is 1.89 bits per heavy atom. The maximum absolute atomic E-state index is 12.6. The fourth-order valence-electron chi connectivity index (χ4n) is 2.56. The monoisotopic (exact) mass is 390 g/mol. The molecule has 0 fully saturated rings. The minimum absolute atomic E-state index is 0.0757. The lowest BCUT2D eigenvalue weighted by atomic mass is 10.1. The lowest BCUT2D eigenvalue weighted by Gasteiger charge is -2.28. The summed E-state index contributed by atoms with van der Waals surface area (Å²) >= 11 is 0. The van der Waals surface area contributed by atoms with Crippen LogP contribution in [0.3, 0.4) is 0 Å². The van der Waals surface area contributed by atoms with Gasteiger partial charge in [0.2, 0.25) is 0 Å². The van der Waals surface area contributed by atoms with Gasteiger partial charge in [-0.05, 0) is 63.6 Å². The minimum atomic E-state index is -2.81. The summed E-state index contributed by atoms with van der Waals surface area (Å²) in [5, 5.41) is 1.67. The zero-order valence-corrected chi connectivity index (χ0v) is 17.4. The molecule has 1 aromatic carbocycles. The van der Waals surface area contributed by atoms with Crippen molar-refractivity contribution in [2.24, 2.45) is 0 Å². The summed E-state index contributed by atoms with van der Waals surface area (Å²) in [5.74, 6) is 1.15. The van der Waals surface area contributed by atoms with Crippen molar-refractivity contribution in [1.29, 1.82) is 0 Å². The van der Waals surface area contributed by atoms with Crippen molar-refractivity contribution < 1.29 is 18.5 Å². The Hall–Kier alpha value is -2.14. The van der Waals surface area contributed by atoms with Crippen molar-refractivity contribution in [1.82, 2.24) is 10.0 Å². The molecule has 0 amide bonds. The van der Waals surface area contributed by atoms with E-state index < -0.39 is 8.25 Å². The molecule has 2 aromatic rings. The van der Waals surface area contributed by atoms with Crippen molar-refractivity contribution in [3.8, 4) is 5.75 Å². The molecule has 1 heterocycles. The van der Waals surface area contributed by atoms with Gasteiger partial charge >= 0.3 is 8.25 Å². The molecule has 1 atom stereocenters. The number of benzene rings is 1. The highest BCUT2D eigenvalue weighted by Gasteiger charge is 2.19. The van der Waals surface area contributed by atoms with E-state index >= 15 is 0 Å². The van der Waals surface area contributed by atoms with E-state index in [4.69, 9.17) is 13.9 Å². The summed E-state index contributed by atoms with van der Waals surface area (Å²) in [6.07, 6.45) is 5.12. The third-order valence-electron chi connectivity index (χ3n) is 3.73. The number of pyridine rings is 1. The molecule has 0 aliphatic rings. The fraction of sp³-hybridized carbons (Fsp3) is 0.350. The third kappa shape index (κ3) is 6.51. The topological polar surface area (TPSA) is 60.9 Å². The molecule has 7 heteroatoms. The first-order valence-electron chi connectivity index (χ1n) is 8.85. The van der Waals surface area contributed by atoms with Crippen molar-refractivity contribution in [3.63, 3.8) is 0 Å². The molecular formula is C20H27N2O4P. The molecule has 0 spiro atoms. The second-order valence-electron chi connectivity index (χ2n) is 6.52. The number of methoxy groups -OCH3 is 1. The van der Waals surface area contributed by atoms with Crippen LogP contribution < -0.4 is 4.74 Å². The maximum atomic E-state index is 12.6. The van der Waals surface area contributed by atoms with Gasteiger partial charge in [0.25, 0.3) is 0 Å². The Kier molecular flexibility index (Phi) is 8.04. The highest BCUT2D eigenvalue weighted by molar-refractivity contribution is 7.33. The van der Waals surface area contributed by atoms with Gasteiger partial charge in [0, 0.05) is 30.0 Å². The van der Waals surface area contributed by atoms with Gasteiger partial charge < -0.3 is 9.26 Å². The molecule has 2 rings (SSSR count). The molecular weight excluding hydrogens is 363 g/mol. The van der Waals surface area contributed by atoms with Gasteiger partial charge in [-0.1, -0.05) is 12.1 Å². The van der Waals surface area contributed by atoms with E-state index in [9.17, 15) is 4.57 Å². The number of hydroxylamine groups is 2. The Morgan fingerprint density at radius 3 is 2.48 bits per heavy atom. The SMILES string of the molecule is COc1cccc(C=C(O[PH](=O)ON(C(C)C)C(C)C)c2cccnc2)c1. The number of hydrogen-bond acceptors (Lipinski definition) is 6. The average Bonchev–Trinajstić information content (AvgIpc) is 2.66. The molecule has 6 nitrogen and oxygen atoms in total. The third-order valence-corrected chi connectivity index (χ3v) is 4.48. The minimum Gasteiger partial charge on any atom is -0.497 e. The van der Waals surface area contributed by atoms with E-state index in [1.807, 2.05) is 58.0 Å². The van der Waals surface area contributed by atoms with E-state index in [0.29, 0.717) is 11.3 Å². The Labute approximate surface area is 161 Å². The largest absolute Gasteiger partial charge is 0.497 e. The summed E-state index contributed by atoms with van der Waals surface area (Å²) in [4.78, 5) is 4.12.